The minimum absolute atomic E-state index is 0. The van der Waals surface area contributed by atoms with E-state index in [2.05, 4.69) is 13.8 Å². The van der Waals surface area contributed by atoms with E-state index in [-0.39, 0.29) is 64.8 Å². The molecular formula is C48H66CaO10S2. The van der Waals surface area contributed by atoms with Crippen molar-refractivity contribution in [2.75, 3.05) is 0 Å². The van der Waals surface area contributed by atoms with Crippen LogP contribution >= 0.6 is 0 Å². The molecule has 0 aliphatic heterocycles. The molecule has 0 aromatic heterocycles. The van der Waals surface area contributed by atoms with Crippen LogP contribution < -0.4 is 14.6 Å². The molecule has 0 atom stereocenters. The number of aryl methyl sites for hydroxylation is 2. The number of phenols is 1. The van der Waals surface area contributed by atoms with Crippen molar-refractivity contribution in [2.45, 2.75) is 165 Å². The van der Waals surface area contributed by atoms with Crippen LogP contribution in [-0.2, 0) is 33.1 Å². The first-order valence-corrected chi connectivity index (χ1v) is 24.8. The van der Waals surface area contributed by atoms with Crippen LogP contribution in [-0.4, -0.2) is 68.8 Å². The minimum atomic E-state index is -4.56. The van der Waals surface area contributed by atoms with Gasteiger partial charge in [0.15, 0.2) is 0 Å². The van der Waals surface area contributed by atoms with Gasteiger partial charge in [-0.2, -0.15) is 8.42 Å². The van der Waals surface area contributed by atoms with Crippen LogP contribution in [0.2, 0.25) is 0 Å². The summed E-state index contributed by atoms with van der Waals surface area (Å²) in [5.41, 5.74) is 1.87. The van der Waals surface area contributed by atoms with Gasteiger partial charge in [0.1, 0.15) is 38.9 Å². The van der Waals surface area contributed by atoms with Gasteiger partial charge in [0, 0.05) is 12.1 Å². The summed E-state index contributed by atoms with van der Waals surface area (Å²) < 4.78 is 77.1. The van der Waals surface area contributed by atoms with E-state index in [0.717, 1.165) is 49.7 Å². The van der Waals surface area contributed by atoms with Gasteiger partial charge in [-0.05, 0) is 79.3 Å². The van der Waals surface area contributed by atoms with Gasteiger partial charge in [-0.15, -0.1) is 5.75 Å². The molecule has 4 rings (SSSR count). The van der Waals surface area contributed by atoms with Crippen LogP contribution in [0.5, 0.6) is 34.5 Å². The molecule has 13 heteroatoms. The number of rotatable bonds is 28. The molecule has 0 radical (unpaired) electrons. The zero-order chi connectivity index (χ0) is 43.6. The fourth-order valence-electron chi connectivity index (χ4n) is 6.93. The van der Waals surface area contributed by atoms with E-state index in [9.17, 15) is 36.2 Å². The fraction of sp³-hybridized carbons (Fsp3) is 0.500. The van der Waals surface area contributed by atoms with Gasteiger partial charge >= 0.3 is 37.7 Å². The van der Waals surface area contributed by atoms with E-state index < -0.39 is 20.2 Å². The van der Waals surface area contributed by atoms with Crippen molar-refractivity contribution < 1.29 is 45.6 Å². The van der Waals surface area contributed by atoms with E-state index in [1.807, 2.05) is 6.07 Å². The molecule has 10 nitrogen and oxygen atoms in total. The first-order valence-electron chi connectivity index (χ1n) is 21.9. The molecule has 0 spiro atoms. The Bertz CT molecular complexity index is 1910. The average Bonchev–Trinajstić information content (AvgIpc) is 3.20. The van der Waals surface area contributed by atoms with Gasteiger partial charge in [-0.1, -0.05) is 160 Å². The largest absolute Gasteiger partial charge is 2.00 e. The zero-order valence-corrected chi connectivity index (χ0v) is 40.2. The predicted molar refractivity (Wildman–Crippen MR) is 242 cm³/mol. The maximum atomic E-state index is 11.8. The Morgan fingerprint density at radius 3 is 1.34 bits per heavy atom. The van der Waals surface area contributed by atoms with E-state index in [4.69, 9.17) is 9.47 Å². The Labute approximate surface area is 396 Å². The summed E-state index contributed by atoms with van der Waals surface area (Å²) in [5, 5.41) is 21.6. The molecule has 0 unspecified atom stereocenters. The van der Waals surface area contributed by atoms with Crippen molar-refractivity contribution in [1.29, 1.82) is 0 Å². The third-order valence-corrected chi connectivity index (χ3v) is 12.0. The second kappa shape index (κ2) is 30.3. The zero-order valence-electron chi connectivity index (χ0n) is 36.3. The topological polar surface area (TPSA) is 173 Å². The molecule has 2 N–H and O–H groups in total. The van der Waals surface area contributed by atoms with Gasteiger partial charge in [0.25, 0.3) is 10.1 Å². The summed E-state index contributed by atoms with van der Waals surface area (Å²) in [6, 6.07) is 20.8. The normalized spacial score (nSPS) is 11.3. The molecule has 0 saturated carbocycles. The molecule has 0 aliphatic rings. The molecule has 0 aliphatic carbocycles. The number of ether oxygens (including phenoxy) is 2. The van der Waals surface area contributed by atoms with Crippen LogP contribution in [0.4, 0.5) is 0 Å². The Morgan fingerprint density at radius 2 is 0.902 bits per heavy atom. The molecule has 0 saturated heterocycles. The maximum Gasteiger partial charge on any atom is 2.00 e. The second-order valence-electron chi connectivity index (χ2n) is 15.5. The van der Waals surface area contributed by atoms with Crippen LogP contribution in [0.3, 0.4) is 0 Å². The predicted octanol–water partition coefficient (Wildman–Crippen LogP) is 12.4. The molecule has 4 aromatic carbocycles. The summed E-state index contributed by atoms with van der Waals surface area (Å²) in [6.07, 6.45) is 26.7. The van der Waals surface area contributed by atoms with Gasteiger partial charge in [-0.25, -0.2) is 8.42 Å². The summed E-state index contributed by atoms with van der Waals surface area (Å²) in [4.78, 5) is -0.578. The third kappa shape index (κ3) is 22.9. The Morgan fingerprint density at radius 1 is 0.508 bits per heavy atom. The number of hydrogen-bond donors (Lipinski definition) is 2. The van der Waals surface area contributed by atoms with E-state index in [1.165, 1.54) is 157 Å². The molecule has 0 heterocycles. The quantitative estimate of drug-likeness (QED) is 0.0317. The van der Waals surface area contributed by atoms with E-state index >= 15 is 0 Å². The molecule has 0 fully saturated rings. The number of benzene rings is 4. The Kier molecular flexibility index (Phi) is 27.0. The summed E-state index contributed by atoms with van der Waals surface area (Å²) in [6.45, 7) is 4.47. The summed E-state index contributed by atoms with van der Waals surface area (Å²) in [7, 11) is -8.86. The minimum Gasteiger partial charge on any atom is -0.872 e. The fourth-order valence-corrected chi connectivity index (χ4v) is 7.95. The van der Waals surface area contributed by atoms with Gasteiger partial charge in [-0.3, -0.25) is 4.55 Å². The standard InChI is InChI=1S/2C24H34O5S.Ca/c2*1-2-3-4-5-6-7-8-9-10-11-13-20-16-17-21(25)18-24(20)29-22-14-12-15-23(19-22)30(26,27)28;/h2*12,14-19,25H,2-11,13H2,1H3,(H,26,27,28);/q;;+2/p-2. The number of hydrogen-bond acceptors (Lipinski definition) is 9. The Hall–Kier alpha value is -2.84. The first kappa shape index (κ1) is 54.3. The van der Waals surface area contributed by atoms with Crippen LogP contribution in [0.25, 0.3) is 0 Å². The average molecular weight is 907 g/mol. The Balaban J connectivity index is 0.000000413. The smallest absolute Gasteiger partial charge is 0.872 e. The number of aromatic hydroxyl groups is 1. The molecule has 4 aromatic rings. The van der Waals surface area contributed by atoms with Crippen molar-refractivity contribution in [1.82, 2.24) is 0 Å². The van der Waals surface area contributed by atoms with Crippen molar-refractivity contribution in [3.8, 4) is 34.5 Å². The summed E-state index contributed by atoms with van der Waals surface area (Å²) in [5.74, 6) is 1.34. The van der Waals surface area contributed by atoms with Crippen molar-refractivity contribution >= 4 is 58.0 Å². The first-order chi connectivity index (χ1) is 28.8. The van der Waals surface area contributed by atoms with Crippen molar-refractivity contribution in [3.63, 3.8) is 0 Å². The molecule has 61 heavy (non-hydrogen) atoms. The maximum absolute atomic E-state index is 11.8. The molecule has 332 valence electrons. The van der Waals surface area contributed by atoms with Crippen LogP contribution in [0.15, 0.2) is 94.7 Å². The van der Waals surface area contributed by atoms with Gasteiger partial charge in [0.2, 0.25) is 0 Å². The van der Waals surface area contributed by atoms with E-state index in [1.54, 1.807) is 24.3 Å². The molecule has 0 bridgehead atoms. The van der Waals surface area contributed by atoms with Gasteiger partial charge < -0.3 is 24.2 Å². The van der Waals surface area contributed by atoms with Crippen LogP contribution in [0.1, 0.15) is 153 Å². The third-order valence-electron chi connectivity index (χ3n) is 10.3. The molecular weight excluding hydrogens is 841 g/mol. The van der Waals surface area contributed by atoms with Crippen molar-refractivity contribution in [2.24, 2.45) is 0 Å². The monoisotopic (exact) mass is 906 g/mol. The van der Waals surface area contributed by atoms with Crippen LogP contribution in [0, 0.1) is 0 Å². The summed E-state index contributed by atoms with van der Waals surface area (Å²) >= 11 is 0. The van der Waals surface area contributed by atoms with Gasteiger partial charge in [0.05, 0.1) is 9.79 Å². The van der Waals surface area contributed by atoms with Crippen molar-refractivity contribution in [3.05, 3.63) is 96.1 Å². The van der Waals surface area contributed by atoms with E-state index in [0.29, 0.717) is 17.2 Å². The molecule has 0 amide bonds. The number of phenolic OH excluding ortho intramolecular Hbond substituents is 1. The SMILES string of the molecule is CCCCCCCCCCCCc1ccc(O)cc1Oc1cccc(S(=O)(=O)O)c1.CCCCCCCCCCCCc1ccc([O-])cc1Oc1cccc(S(=O)(=O)[O-])c1.[Ca+2]. The number of unbranched alkanes of at least 4 members (excludes halogenated alkanes) is 18. The second-order valence-corrected chi connectivity index (χ2v) is 18.3.